The summed E-state index contributed by atoms with van der Waals surface area (Å²) in [6, 6.07) is 0. The molecule has 0 amide bonds. The second-order valence-electron chi connectivity index (χ2n) is 6.12. The van der Waals surface area contributed by atoms with Crippen LogP contribution in [-0.2, 0) is 0 Å². The Morgan fingerprint density at radius 1 is 1.40 bits per heavy atom. The SMILES string of the molecule is CC(C)=CC(O)C1C(C)CCCC1(C)C. The van der Waals surface area contributed by atoms with Crippen LogP contribution in [-0.4, -0.2) is 11.2 Å². The maximum absolute atomic E-state index is 10.3. The Labute approximate surface area is 94.6 Å². The van der Waals surface area contributed by atoms with Crippen LogP contribution in [0.4, 0.5) is 0 Å². The monoisotopic (exact) mass is 210 g/mol. The normalized spacial score (nSPS) is 32.1. The van der Waals surface area contributed by atoms with Crippen molar-refractivity contribution in [1.82, 2.24) is 0 Å². The van der Waals surface area contributed by atoms with Crippen LogP contribution in [0.1, 0.15) is 53.9 Å². The minimum absolute atomic E-state index is 0.264. The molecule has 3 unspecified atom stereocenters. The molecule has 1 nitrogen and oxygen atoms in total. The van der Waals surface area contributed by atoms with E-state index in [-0.39, 0.29) is 11.5 Å². The fraction of sp³-hybridized carbons (Fsp3) is 0.857. The third kappa shape index (κ3) is 3.07. The summed E-state index contributed by atoms with van der Waals surface area (Å²) in [5.74, 6) is 1.06. The van der Waals surface area contributed by atoms with Gasteiger partial charge in [-0.05, 0) is 37.5 Å². The second kappa shape index (κ2) is 4.69. The van der Waals surface area contributed by atoms with Gasteiger partial charge in [-0.1, -0.05) is 45.3 Å². The van der Waals surface area contributed by atoms with Gasteiger partial charge in [0.25, 0.3) is 0 Å². The quantitative estimate of drug-likeness (QED) is 0.688. The van der Waals surface area contributed by atoms with Crippen molar-refractivity contribution in [2.45, 2.75) is 60.0 Å². The van der Waals surface area contributed by atoms with E-state index in [1.807, 2.05) is 6.08 Å². The van der Waals surface area contributed by atoms with Gasteiger partial charge in [0.15, 0.2) is 0 Å². The highest BCUT2D eigenvalue weighted by Gasteiger charge is 2.40. The predicted molar refractivity (Wildman–Crippen MR) is 65.7 cm³/mol. The fourth-order valence-electron chi connectivity index (χ4n) is 3.24. The maximum Gasteiger partial charge on any atom is 0.0759 e. The highest BCUT2D eigenvalue weighted by molar-refractivity contribution is 5.04. The Hall–Kier alpha value is -0.300. The van der Waals surface area contributed by atoms with E-state index in [4.69, 9.17) is 0 Å². The summed E-state index contributed by atoms with van der Waals surface area (Å²) >= 11 is 0. The summed E-state index contributed by atoms with van der Waals surface area (Å²) in [7, 11) is 0. The predicted octanol–water partition coefficient (Wildman–Crippen LogP) is 3.78. The number of aliphatic hydroxyl groups is 1. The molecule has 1 N–H and O–H groups in total. The lowest BCUT2D eigenvalue weighted by molar-refractivity contribution is -0.00431. The molecule has 1 aliphatic rings. The van der Waals surface area contributed by atoms with Gasteiger partial charge >= 0.3 is 0 Å². The van der Waals surface area contributed by atoms with Crippen molar-refractivity contribution in [3.8, 4) is 0 Å². The van der Waals surface area contributed by atoms with Crippen LogP contribution < -0.4 is 0 Å². The van der Waals surface area contributed by atoms with Gasteiger partial charge in [0.1, 0.15) is 0 Å². The molecule has 1 rings (SSSR count). The zero-order valence-corrected chi connectivity index (χ0v) is 10.9. The molecule has 0 aromatic heterocycles. The summed E-state index contributed by atoms with van der Waals surface area (Å²) in [6.07, 6.45) is 5.58. The van der Waals surface area contributed by atoms with Gasteiger partial charge in [-0.15, -0.1) is 0 Å². The van der Waals surface area contributed by atoms with Crippen molar-refractivity contribution in [1.29, 1.82) is 0 Å². The van der Waals surface area contributed by atoms with Crippen LogP contribution in [0.5, 0.6) is 0 Å². The van der Waals surface area contributed by atoms with E-state index in [9.17, 15) is 5.11 Å². The summed E-state index contributed by atoms with van der Waals surface area (Å²) in [5.41, 5.74) is 1.50. The lowest BCUT2D eigenvalue weighted by atomic mass is 9.62. The van der Waals surface area contributed by atoms with Crippen LogP contribution in [0.3, 0.4) is 0 Å². The first kappa shape index (κ1) is 12.8. The average molecular weight is 210 g/mol. The molecular formula is C14H26O. The van der Waals surface area contributed by atoms with E-state index >= 15 is 0 Å². The zero-order valence-electron chi connectivity index (χ0n) is 10.9. The summed E-state index contributed by atoms with van der Waals surface area (Å²) in [6.45, 7) is 11.0. The third-order valence-electron chi connectivity index (χ3n) is 3.87. The number of allylic oxidation sites excluding steroid dienone is 1. The summed E-state index contributed by atoms with van der Waals surface area (Å²) < 4.78 is 0. The van der Waals surface area contributed by atoms with E-state index in [1.165, 1.54) is 24.8 Å². The highest BCUT2D eigenvalue weighted by atomic mass is 16.3. The molecule has 0 saturated heterocycles. The molecular weight excluding hydrogens is 184 g/mol. The topological polar surface area (TPSA) is 20.2 Å². The first-order valence-corrected chi connectivity index (χ1v) is 6.17. The van der Waals surface area contributed by atoms with E-state index in [2.05, 4.69) is 34.6 Å². The standard InChI is InChI=1S/C14H26O/c1-10(2)9-12(15)13-11(3)7-6-8-14(13,4)5/h9,11-13,15H,6-8H2,1-5H3. The van der Waals surface area contributed by atoms with Gasteiger partial charge in [-0.2, -0.15) is 0 Å². The van der Waals surface area contributed by atoms with Crippen LogP contribution in [0.25, 0.3) is 0 Å². The van der Waals surface area contributed by atoms with E-state index < -0.39 is 0 Å². The van der Waals surface area contributed by atoms with Crippen LogP contribution in [0.2, 0.25) is 0 Å². The molecule has 1 heteroatoms. The molecule has 0 spiro atoms. The molecule has 1 aliphatic carbocycles. The van der Waals surface area contributed by atoms with E-state index in [0.717, 1.165) is 0 Å². The van der Waals surface area contributed by atoms with Crippen molar-refractivity contribution in [2.24, 2.45) is 17.3 Å². The number of hydrogen-bond donors (Lipinski definition) is 1. The van der Waals surface area contributed by atoms with Crippen molar-refractivity contribution >= 4 is 0 Å². The first-order valence-electron chi connectivity index (χ1n) is 6.17. The molecule has 0 aromatic rings. The van der Waals surface area contributed by atoms with Crippen molar-refractivity contribution in [2.75, 3.05) is 0 Å². The number of aliphatic hydroxyl groups excluding tert-OH is 1. The molecule has 1 fully saturated rings. The van der Waals surface area contributed by atoms with Crippen LogP contribution in [0.15, 0.2) is 11.6 Å². The van der Waals surface area contributed by atoms with Crippen molar-refractivity contribution < 1.29 is 5.11 Å². The highest BCUT2D eigenvalue weighted by Crippen LogP contribution is 2.45. The molecule has 15 heavy (non-hydrogen) atoms. The Balaban J connectivity index is 2.83. The lowest BCUT2D eigenvalue weighted by Crippen LogP contribution is -2.41. The first-order chi connectivity index (χ1) is 6.84. The maximum atomic E-state index is 10.3. The minimum atomic E-state index is -0.264. The molecule has 0 bridgehead atoms. The van der Waals surface area contributed by atoms with Crippen LogP contribution >= 0.6 is 0 Å². The summed E-state index contributed by atoms with van der Waals surface area (Å²) in [5, 5.41) is 10.3. The minimum Gasteiger partial charge on any atom is -0.389 e. The van der Waals surface area contributed by atoms with Gasteiger partial charge in [-0.25, -0.2) is 0 Å². The van der Waals surface area contributed by atoms with Gasteiger partial charge in [0.2, 0.25) is 0 Å². The largest absolute Gasteiger partial charge is 0.389 e. The molecule has 88 valence electrons. The molecule has 0 aromatic carbocycles. The van der Waals surface area contributed by atoms with Gasteiger partial charge < -0.3 is 5.11 Å². The number of rotatable bonds is 2. The van der Waals surface area contributed by atoms with E-state index in [1.54, 1.807) is 0 Å². The third-order valence-corrected chi connectivity index (χ3v) is 3.87. The van der Waals surface area contributed by atoms with E-state index in [0.29, 0.717) is 11.8 Å². The van der Waals surface area contributed by atoms with Crippen molar-refractivity contribution in [3.05, 3.63) is 11.6 Å². The van der Waals surface area contributed by atoms with Crippen molar-refractivity contribution in [3.63, 3.8) is 0 Å². The Morgan fingerprint density at radius 2 is 2.00 bits per heavy atom. The molecule has 1 saturated carbocycles. The lowest BCUT2D eigenvalue weighted by Gasteiger charge is -2.44. The van der Waals surface area contributed by atoms with Crippen LogP contribution in [0, 0.1) is 17.3 Å². The second-order valence-corrected chi connectivity index (χ2v) is 6.12. The Kier molecular flexibility index (Phi) is 3.99. The zero-order chi connectivity index (χ0) is 11.6. The summed E-state index contributed by atoms with van der Waals surface area (Å²) in [4.78, 5) is 0. The fourth-order valence-corrected chi connectivity index (χ4v) is 3.24. The average Bonchev–Trinajstić information content (AvgIpc) is 1.99. The van der Waals surface area contributed by atoms with Gasteiger partial charge in [0.05, 0.1) is 6.10 Å². The molecule has 0 aliphatic heterocycles. The molecule has 0 heterocycles. The van der Waals surface area contributed by atoms with Gasteiger partial charge in [0, 0.05) is 0 Å². The smallest absolute Gasteiger partial charge is 0.0759 e. The number of hydrogen-bond acceptors (Lipinski definition) is 1. The molecule has 0 radical (unpaired) electrons. The Morgan fingerprint density at radius 3 is 2.47 bits per heavy atom. The molecule has 3 atom stereocenters. The van der Waals surface area contributed by atoms with Gasteiger partial charge in [-0.3, -0.25) is 0 Å². The Bertz CT molecular complexity index is 236.